The molecule has 0 spiro atoms. The number of hydrogen-bond acceptors (Lipinski definition) is 6. The van der Waals surface area contributed by atoms with Gasteiger partial charge in [0, 0.05) is 11.8 Å². The van der Waals surface area contributed by atoms with Crippen molar-refractivity contribution < 1.29 is 9.53 Å². The lowest BCUT2D eigenvalue weighted by atomic mass is 10.1. The molecule has 0 fully saturated rings. The highest BCUT2D eigenvalue weighted by molar-refractivity contribution is 7.16. The number of ether oxygens (including phenoxy) is 1. The number of allylic oxidation sites excluding steroid dienone is 2. The molecule has 21 heavy (non-hydrogen) atoms. The average molecular weight is 305 g/mol. The molecule has 1 aliphatic rings. The van der Waals surface area contributed by atoms with Crippen LogP contribution in [-0.2, 0) is 16.1 Å². The Bertz CT molecular complexity index is 762. The van der Waals surface area contributed by atoms with Crippen LogP contribution >= 0.6 is 11.3 Å². The second kappa shape index (κ2) is 5.77. The SMILES string of the molecule is Cc1cc(=O)n2nc(COC(=O)C[C@H]3C=CCC3)sc2n1. The molecular formula is C14H15N3O3S. The van der Waals surface area contributed by atoms with Gasteiger partial charge in [0.2, 0.25) is 4.96 Å². The summed E-state index contributed by atoms with van der Waals surface area (Å²) in [5, 5.41) is 4.70. The number of esters is 1. The topological polar surface area (TPSA) is 73.6 Å². The van der Waals surface area contributed by atoms with E-state index in [4.69, 9.17) is 4.74 Å². The van der Waals surface area contributed by atoms with E-state index in [9.17, 15) is 9.59 Å². The minimum absolute atomic E-state index is 0.0851. The van der Waals surface area contributed by atoms with Crippen molar-refractivity contribution >= 4 is 22.3 Å². The van der Waals surface area contributed by atoms with Gasteiger partial charge in [-0.1, -0.05) is 23.5 Å². The normalized spacial score (nSPS) is 17.5. The minimum atomic E-state index is -0.234. The molecule has 1 atom stereocenters. The van der Waals surface area contributed by atoms with Crippen molar-refractivity contribution in [1.29, 1.82) is 0 Å². The van der Waals surface area contributed by atoms with Crippen LogP contribution in [0.5, 0.6) is 0 Å². The van der Waals surface area contributed by atoms with Gasteiger partial charge in [0.1, 0.15) is 6.61 Å². The molecule has 7 heteroatoms. The smallest absolute Gasteiger partial charge is 0.306 e. The van der Waals surface area contributed by atoms with Gasteiger partial charge < -0.3 is 4.74 Å². The second-order valence-electron chi connectivity index (χ2n) is 5.06. The molecular weight excluding hydrogens is 290 g/mol. The lowest BCUT2D eigenvalue weighted by molar-refractivity contribution is -0.145. The fraction of sp³-hybridized carbons (Fsp3) is 0.429. The van der Waals surface area contributed by atoms with Crippen LogP contribution in [0.25, 0.3) is 4.96 Å². The van der Waals surface area contributed by atoms with Crippen LogP contribution in [0.15, 0.2) is 23.0 Å². The van der Waals surface area contributed by atoms with Crippen molar-refractivity contribution in [3.63, 3.8) is 0 Å². The quantitative estimate of drug-likeness (QED) is 0.637. The Morgan fingerprint density at radius 1 is 1.57 bits per heavy atom. The van der Waals surface area contributed by atoms with E-state index in [1.165, 1.54) is 21.9 Å². The van der Waals surface area contributed by atoms with Gasteiger partial charge in [-0.2, -0.15) is 9.61 Å². The van der Waals surface area contributed by atoms with Crippen LogP contribution in [0.4, 0.5) is 0 Å². The Kier molecular flexibility index (Phi) is 3.83. The molecule has 2 aromatic rings. The summed E-state index contributed by atoms with van der Waals surface area (Å²) in [4.78, 5) is 28.2. The van der Waals surface area contributed by atoms with E-state index < -0.39 is 0 Å². The van der Waals surface area contributed by atoms with Gasteiger partial charge >= 0.3 is 5.97 Å². The van der Waals surface area contributed by atoms with E-state index in [2.05, 4.69) is 22.2 Å². The predicted octanol–water partition coefficient (Wildman–Crippen LogP) is 1.86. The first kappa shape index (κ1) is 13.9. The van der Waals surface area contributed by atoms with Gasteiger partial charge in [0.25, 0.3) is 5.56 Å². The molecule has 110 valence electrons. The first-order valence-electron chi connectivity index (χ1n) is 6.80. The summed E-state index contributed by atoms with van der Waals surface area (Å²) in [7, 11) is 0. The molecule has 0 radical (unpaired) electrons. The Morgan fingerprint density at radius 2 is 2.43 bits per heavy atom. The average Bonchev–Trinajstić information content (AvgIpc) is 3.05. The highest BCUT2D eigenvalue weighted by Gasteiger charge is 2.16. The number of aromatic nitrogens is 3. The summed E-state index contributed by atoms with van der Waals surface area (Å²) in [6.45, 7) is 1.84. The third-order valence-corrected chi connectivity index (χ3v) is 4.19. The fourth-order valence-corrected chi connectivity index (χ4v) is 3.16. The van der Waals surface area contributed by atoms with Crippen LogP contribution < -0.4 is 5.56 Å². The maximum Gasteiger partial charge on any atom is 0.306 e. The molecule has 0 saturated carbocycles. The number of fused-ring (bicyclic) bond motifs is 1. The van der Waals surface area contributed by atoms with Gasteiger partial charge in [-0.25, -0.2) is 4.98 Å². The molecule has 6 nitrogen and oxygen atoms in total. The Hall–Kier alpha value is -2.02. The molecule has 0 saturated heterocycles. The standard InChI is InChI=1S/C14H15N3O3S/c1-9-6-12(18)17-14(15-9)21-11(16-17)8-20-13(19)7-10-4-2-3-5-10/h2,4,6,10H,3,5,7-8H2,1H3/t10-/m0/s1. The molecule has 0 unspecified atom stereocenters. The summed E-state index contributed by atoms with van der Waals surface area (Å²) in [5.74, 6) is 0.0575. The predicted molar refractivity (Wildman–Crippen MR) is 78.1 cm³/mol. The molecule has 0 aliphatic heterocycles. The van der Waals surface area contributed by atoms with E-state index in [1.54, 1.807) is 6.92 Å². The highest BCUT2D eigenvalue weighted by Crippen LogP contribution is 2.21. The molecule has 0 bridgehead atoms. The molecule has 0 N–H and O–H groups in total. The number of carbonyl (C=O) groups excluding carboxylic acids is 1. The lowest BCUT2D eigenvalue weighted by Crippen LogP contribution is -2.14. The van der Waals surface area contributed by atoms with Crippen molar-refractivity contribution in [3.05, 3.63) is 39.3 Å². The maximum atomic E-state index is 11.7. The van der Waals surface area contributed by atoms with Gasteiger partial charge in [0.05, 0.1) is 6.42 Å². The summed E-state index contributed by atoms with van der Waals surface area (Å²) in [6.07, 6.45) is 6.59. The monoisotopic (exact) mass is 305 g/mol. The number of hydrogen-bond donors (Lipinski definition) is 0. The zero-order chi connectivity index (χ0) is 14.8. The van der Waals surface area contributed by atoms with Gasteiger partial charge in [-0.3, -0.25) is 9.59 Å². The van der Waals surface area contributed by atoms with Gasteiger partial charge in [-0.05, 0) is 25.7 Å². The minimum Gasteiger partial charge on any atom is -0.458 e. The van der Waals surface area contributed by atoms with Crippen LogP contribution in [0.1, 0.15) is 30.0 Å². The van der Waals surface area contributed by atoms with Crippen LogP contribution in [-0.4, -0.2) is 20.6 Å². The number of nitrogens with zero attached hydrogens (tertiary/aromatic N) is 3. The second-order valence-corrected chi connectivity index (χ2v) is 6.10. The van der Waals surface area contributed by atoms with Crippen LogP contribution in [0.2, 0.25) is 0 Å². The zero-order valence-corrected chi connectivity index (χ0v) is 12.4. The summed E-state index contributed by atoms with van der Waals surface area (Å²) in [6, 6.07) is 1.43. The highest BCUT2D eigenvalue weighted by atomic mass is 32.1. The molecule has 3 rings (SSSR count). The number of aryl methyl sites for hydroxylation is 1. The number of rotatable bonds is 4. The van der Waals surface area contributed by atoms with Crippen molar-refractivity contribution in [1.82, 2.24) is 14.6 Å². The van der Waals surface area contributed by atoms with E-state index in [0.717, 1.165) is 12.8 Å². The molecule has 2 aromatic heterocycles. The summed E-state index contributed by atoms with van der Waals surface area (Å²) >= 11 is 1.26. The van der Waals surface area contributed by atoms with Crippen molar-refractivity contribution in [3.8, 4) is 0 Å². The van der Waals surface area contributed by atoms with Gasteiger partial charge in [-0.15, -0.1) is 0 Å². The summed E-state index contributed by atoms with van der Waals surface area (Å²) < 4.78 is 6.46. The third kappa shape index (κ3) is 3.18. The van der Waals surface area contributed by atoms with Crippen molar-refractivity contribution in [2.45, 2.75) is 32.8 Å². The molecule has 2 heterocycles. The third-order valence-electron chi connectivity index (χ3n) is 3.31. The molecule has 0 aromatic carbocycles. The Morgan fingerprint density at radius 3 is 3.19 bits per heavy atom. The number of carbonyl (C=O) groups is 1. The van der Waals surface area contributed by atoms with E-state index in [1.807, 2.05) is 0 Å². The Labute approximate surface area is 125 Å². The molecule has 1 aliphatic carbocycles. The van der Waals surface area contributed by atoms with Crippen LogP contribution in [0.3, 0.4) is 0 Å². The van der Waals surface area contributed by atoms with E-state index >= 15 is 0 Å². The first-order chi connectivity index (χ1) is 10.1. The van der Waals surface area contributed by atoms with Crippen molar-refractivity contribution in [2.75, 3.05) is 0 Å². The first-order valence-corrected chi connectivity index (χ1v) is 7.62. The lowest BCUT2D eigenvalue weighted by Gasteiger charge is -2.06. The largest absolute Gasteiger partial charge is 0.458 e. The van der Waals surface area contributed by atoms with E-state index in [-0.39, 0.29) is 18.1 Å². The fourth-order valence-electron chi connectivity index (χ4n) is 2.30. The Balaban J connectivity index is 1.65. The van der Waals surface area contributed by atoms with Crippen LogP contribution in [0, 0.1) is 12.8 Å². The van der Waals surface area contributed by atoms with Gasteiger partial charge in [0.15, 0.2) is 5.01 Å². The van der Waals surface area contributed by atoms with Crippen molar-refractivity contribution in [2.24, 2.45) is 5.92 Å². The summed E-state index contributed by atoms with van der Waals surface area (Å²) in [5.41, 5.74) is 0.433. The zero-order valence-electron chi connectivity index (χ0n) is 11.6. The van der Waals surface area contributed by atoms with E-state index in [0.29, 0.717) is 28.0 Å². The maximum absolute atomic E-state index is 11.7. The molecule has 0 amide bonds.